The van der Waals surface area contributed by atoms with Crippen molar-refractivity contribution in [2.45, 2.75) is 24.5 Å². The molecule has 2 heterocycles. The Kier molecular flexibility index (Phi) is 1.83. The quantitative estimate of drug-likeness (QED) is 0.517. The topological polar surface area (TPSA) is 38.8 Å². The van der Waals surface area contributed by atoms with Crippen molar-refractivity contribution in [2.24, 2.45) is 0 Å². The summed E-state index contributed by atoms with van der Waals surface area (Å²) in [5, 5.41) is 0. The monoisotopic (exact) mass is 204 g/mol. The lowest BCUT2D eigenvalue weighted by atomic mass is 9.93. The van der Waals surface area contributed by atoms with Gasteiger partial charge < -0.3 is 9.47 Å². The Hall–Kier alpha value is -1.35. The van der Waals surface area contributed by atoms with Crippen LogP contribution in [0.25, 0.3) is 0 Å². The zero-order valence-corrected chi connectivity index (χ0v) is 8.31. The molecule has 0 aliphatic carbocycles. The van der Waals surface area contributed by atoms with E-state index in [1.54, 1.807) is 0 Å². The van der Waals surface area contributed by atoms with E-state index in [-0.39, 0.29) is 12.1 Å². The summed E-state index contributed by atoms with van der Waals surface area (Å²) in [5.41, 5.74) is 0.413. The molecule has 0 unspecified atom stereocenters. The molecule has 3 nitrogen and oxygen atoms in total. The Morgan fingerprint density at radius 1 is 1.27 bits per heavy atom. The first-order valence-corrected chi connectivity index (χ1v) is 5.23. The number of hydrogen-bond acceptors (Lipinski definition) is 3. The highest BCUT2D eigenvalue weighted by Crippen LogP contribution is 2.54. The molecular weight excluding hydrogens is 192 g/mol. The Bertz CT molecular complexity index is 387. The summed E-state index contributed by atoms with van der Waals surface area (Å²) in [6.07, 6.45) is 1.59. The van der Waals surface area contributed by atoms with Gasteiger partial charge in [-0.2, -0.15) is 0 Å². The molecule has 15 heavy (non-hydrogen) atoms. The second-order valence-electron chi connectivity index (χ2n) is 4.04. The molecule has 2 fully saturated rings. The van der Waals surface area contributed by atoms with E-state index in [9.17, 15) is 4.79 Å². The fourth-order valence-electron chi connectivity index (χ4n) is 2.21. The average molecular weight is 204 g/mol. The van der Waals surface area contributed by atoms with Crippen molar-refractivity contribution in [2.75, 3.05) is 6.61 Å². The van der Waals surface area contributed by atoms with Gasteiger partial charge in [0, 0.05) is 0 Å². The Labute approximate surface area is 88.0 Å². The molecule has 1 aromatic carbocycles. The molecule has 1 spiro atoms. The van der Waals surface area contributed by atoms with Gasteiger partial charge in [-0.1, -0.05) is 30.3 Å². The Balaban J connectivity index is 1.85. The van der Waals surface area contributed by atoms with Crippen LogP contribution in [0.1, 0.15) is 24.5 Å². The number of esters is 1. The lowest BCUT2D eigenvalue weighted by molar-refractivity contribution is -0.154. The number of rotatable bonds is 1. The summed E-state index contributed by atoms with van der Waals surface area (Å²) in [6.45, 7) is 0.533. The predicted molar refractivity (Wildman–Crippen MR) is 53.2 cm³/mol. The number of benzene rings is 1. The molecule has 2 saturated heterocycles. The predicted octanol–water partition coefficient (Wildman–Crippen LogP) is 1.83. The van der Waals surface area contributed by atoms with Crippen LogP contribution in [-0.2, 0) is 14.3 Å². The zero-order chi connectivity index (χ0) is 10.3. The van der Waals surface area contributed by atoms with Crippen LogP contribution < -0.4 is 0 Å². The van der Waals surface area contributed by atoms with Crippen molar-refractivity contribution in [1.82, 2.24) is 0 Å². The van der Waals surface area contributed by atoms with Crippen LogP contribution in [0.15, 0.2) is 30.3 Å². The van der Waals surface area contributed by atoms with E-state index in [1.807, 2.05) is 30.3 Å². The molecule has 3 heteroatoms. The van der Waals surface area contributed by atoms with Gasteiger partial charge in [-0.15, -0.1) is 0 Å². The maximum absolute atomic E-state index is 11.6. The van der Waals surface area contributed by atoms with E-state index in [0.29, 0.717) is 6.61 Å². The number of epoxide rings is 1. The number of cyclic esters (lactones) is 1. The number of hydrogen-bond donors (Lipinski definition) is 0. The van der Waals surface area contributed by atoms with Crippen molar-refractivity contribution >= 4 is 5.97 Å². The summed E-state index contributed by atoms with van der Waals surface area (Å²) >= 11 is 0. The van der Waals surface area contributed by atoms with Crippen LogP contribution in [0.5, 0.6) is 0 Å². The first-order chi connectivity index (χ1) is 7.33. The van der Waals surface area contributed by atoms with Crippen molar-refractivity contribution in [1.29, 1.82) is 0 Å². The summed E-state index contributed by atoms with van der Waals surface area (Å²) in [4.78, 5) is 11.6. The first-order valence-electron chi connectivity index (χ1n) is 5.23. The molecular formula is C12H12O3. The van der Waals surface area contributed by atoms with Gasteiger partial charge in [0.05, 0.1) is 6.61 Å². The maximum atomic E-state index is 11.6. The molecule has 1 aromatic rings. The number of carbonyl (C=O) groups is 1. The van der Waals surface area contributed by atoms with E-state index in [1.165, 1.54) is 0 Å². The highest BCUT2D eigenvalue weighted by atomic mass is 16.7. The minimum atomic E-state index is -0.653. The molecule has 0 saturated carbocycles. The first kappa shape index (κ1) is 8.92. The molecule has 78 valence electrons. The van der Waals surface area contributed by atoms with E-state index in [4.69, 9.17) is 9.47 Å². The normalized spacial score (nSPS) is 33.9. The third-order valence-electron chi connectivity index (χ3n) is 3.07. The van der Waals surface area contributed by atoms with Gasteiger partial charge in [-0.3, -0.25) is 0 Å². The van der Waals surface area contributed by atoms with Gasteiger partial charge in [-0.05, 0) is 18.4 Å². The van der Waals surface area contributed by atoms with Gasteiger partial charge >= 0.3 is 5.97 Å². The van der Waals surface area contributed by atoms with Crippen LogP contribution in [0, 0.1) is 0 Å². The average Bonchev–Trinajstić information content (AvgIpc) is 3.00. The second kappa shape index (κ2) is 3.07. The summed E-state index contributed by atoms with van der Waals surface area (Å²) in [6, 6.07) is 9.85. The molecule has 2 aliphatic rings. The fourth-order valence-corrected chi connectivity index (χ4v) is 2.21. The SMILES string of the molecule is O=C1OCCC[C@@]12O[C@@H]2c1ccccc1. The zero-order valence-electron chi connectivity index (χ0n) is 8.31. The smallest absolute Gasteiger partial charge is 0.341 e. The number of carbonyl (C=O) groups excluding carboxylic acids is 1. The Morgan fingerprint density at radius 3 is 2.80 bits per heavy atom. The molecule has 0 amide bonds. The van der Waals surface area contributed by atoms with Gasteiger partial charge in [0.25, 0.3) is 0 Å². The van der Waals surface area contributed by atoms with Crippen molar-refractivity contribution in [3.05, 3.63) is 35.9 Å². The van der Waals surface area contributed by atoms with Gasteiger partial charge in [0.2, 0.25) is 0 Å². The Morgan fingerprint density at radius 2 is 2.07 bits per heavy atom. The van der Waals surface area contributed by atoms with Crippen LogP contribution in [0.3, 0.4) is 0 Å². The minimum Gasteiger partial charge on any atom is -0.463 e. The van der Waals surface area contributed by atoms with E-state index >= 15 is 0 Å². The third kappa shape index (κ3) is 1.27. The molecule has 2 aliphatic heterocycles. The van der Waals surface area contributed by atoms with Gasteiger partial charge in [0.15, 0.2) is 5.60 Å². The van der Waals surface area contributed by atoms with Crippen molar-refractivity contribution in [3.63, 3.8) is 0 Å². The third-order valence-corrected chi connectivity index (χ3v) is 3.07. The number of ether oxygens (including phenoxy) is 2. The summed E-state index contributed by atoms with van der Waals surface area (Å²) in [5.74, 6) is -0.192. The van der Waals surface area contributed by atoms with Crippen LogP contribution in [-0.4, -0.2) is 18.2 Å². The largest absolute Gasteiger partial charge is 0.463 e. The lowest BCUT2D eigenvalue weighted by Gasteiger charge is -2.17. The van der Waals surface area contributed by atoms with Crippen molar-refractivity contribution in [3.8, 4) is 0 Å². The van der Waals surface area contributed by atoms with E-state index in [0.717, 1.165) is 18.4 Å². The van der Waals surface area contributed by atoms with Crippen molar-refractivity contribution < 1.29 is 14.3 Å². The summed E-state index contributed by atoms with van der Waals surface area (Å²) in [7, 11) is 0. The maximum Gasteiger partial charge on any atom is 0.341 e. The van der Waals surface area contributed by atoms with Crippen LogP contribution >= 0.6 is 0 Å². The van der Waals surface area contributed by atoms with E-state index < -0.39 is 5.60 Å². The molecule has 0 radical (unpaired) electrons. The summed E-state index contributed by atoms with van der Waals surface area (Å²) < 4.78 is 10.6. The van der Waals surface area contributed by atoms with Gasteiger partial charge in [0.1, 0.15) is 6.10 Å². The lowest BCUT2D eigenvalue weighted by Crippen LogP contribution is -2.33. The van der Waals surface area contributed by atoms with Crippen LogP contribution in [0.2, 0.25) is 0 Å². The highest BCUT2D eigenvalue weighted by Gasteiger charge is 2.64. The van der Waals surface area contributed by atoms with Gasteiger partial charge in [-0.25, -0.2) is 4.79 Å². The molecule has 0 bridgehead atoms. The fraction of sp³-hybridized carbons (Fsp3) is 0.417. The highest BCUT2D eigenvalue weighted by molar-refractivity contribution is 5.84. The molecule has 0 N–H and O–H groups in total. The van der Waals surface area contributed by atoms with E-state index in [2.05, 4.69) is 0 Å². The second-order valence-corrected chi connectivity index (χ2v) is 4.04. The minimum absolute atomic E-state index is 0.0912. The standard InChI is InChI=1S/C12H12O3/c13-11-12(7-4-8-14-11)10(15-12)9-5-2-1-3-6-9/h1-3,5-6,10H,4,7-8H2/t10-,12+/m1/s1. The molecule has 2 atom stereocenters. The van der Waals surface area contributed by atoms with Crippen LogP contribution in [0.4, 0.5) is 0 Å². The molecule has 3 rings (SSSR count). The molecule has 0 aromatic heterocycles.